The van der Waals surface area contributed by atoms with Crippen LogP contribution in [0.25, 0.3) is 10.9 Å². The number of H-pyrrole nitrogens is 1. The van der Waals surface area contributed by atoms with Gasteiger partial charge in [-0.1, -0.05) is 50.3 Å². The molecule has 0 spiro atoms. The third kappa shape index (κ3) is 4.28. The minimum absolute atomic E-state index is 0.167. The van der Waals surface area contributed by atoms with E-state index in [4.69, 9.17) is 10.2 Å². The first-order valence-corrected chi connectivity index (χ1v) is 10.3. The Morgan fingerprint density at radius 3 is 2.79 bits per heavy atom. The molecule has 2 aromatic heterocycles. The summed E-state index contributed by atoms with van der Waals surface area (Å²) in [6, 6.07) is 7.94. The van der Waals surface area contributed by atoms with Crippen molar-refractivity contribution in [2.24, 2.45) is 5.73 Å². The summed E-state index contributed by atoms with van der Waals surface area (Å²) in [6.07, 6.45) is 12.2. The van der Waals surface area contributed by atoms with E-state index in [1.165, 1.54) is 38.4 Å². The number of fused-ring (bicyclic) bond motifs is 1. The maximum absolute atomic E-state index is 12.6. The van der Waals surface area contributed by atoms with Crippen molar-refractivity contribution in [1.29, 1.82) is 0 Å². The number of nitrogens with one attached hydrogen (secondary N) is 2. The number of aromatic amines is 1. The number of nitrogens with zero attached hydrogens (tertiary/aromatic N) is 1. The Hall–Kier alpha value is -2.60. The summed E-state index contributed by atoms with van der Waals surface area (Å²) in [5.74, 6) is 0.230. The molecule has 4 N–H and O–H groups in total. The Kier molecular flexibility index (Phi) is 5.76. The quantitative estimate of drug-likeness (QED) is 0.617. The number of benzene rings is 1. The van der Waals surface area contributed by atoms with Gasteiger partial charge in [-0.05, 0) is 30.9 Å². The predicted octanol–water partition coefficient (Wildman–Crippen LogP) is 4.24. The van der Waals surface area contributed by atoms with Gasteiger partial charge in [0.05, 0.1) is 6.04 Å². The highest BCUT2D eigenvalue weighted by molar-refractivity contribution is 5.92. The third-order valence-electron chi connectivity index (χ3n) is 5.63. The van der Waals surface area contributed by atoms with E-state index in [2.05, 4.69) is 21.4 Å². The first-order valence-electron chi connectivity index (χ1n) is 10.3. The van der Waals surface area contributed by atoms with Crippen LogP contribution < -0.4 is 11.1 Å². The Labute approximate surface area is 164 Å². The summed E-state index contributed by atoms with van der Waals surface area (Å²) >= 11 is 0. The number of rotatable bonds is 5. The van der Waals surface area contributed by atoms with Crippen LogP contribution >= 0.6 is 0 Å². The van der Waals surface area contributed by atoms with Crippen molar-refractivity contribution < 1.29 is 9.21 Å². The molecule has 1 aliphatic carbocycles. The lowest BCUT2D eigenvalue weighted by molar-refractivity contribution is 0.0925. The predicted molar refractivity (Wildman–Crippen MR) is 109 cm³/mol. The third-order valence-corrected chi connectivity index (χ3v) is 5.63. The van der Waals surface area contributed by atoms with Crippen LogP contribution in [0.15, 0.2) is 41.1 Å². The topological polar surface area (TPSA) is 96.9 Å². The molecule has 1 saturated carbocycles. The monoisotopic (exact) mass is 380 g/mol. The van der Waals surface area contributed by atoms with Crippen molar-refractivity contribution in [2.45, 2.75) is 63.5 Å². The van der Waals surface area contributed by atoms with Gasteiger partial charge in [0.15, 0.2) is 5.69 Å². The van der Waals surface area contributed by atoms with Gasteiger partial charge in [0.1, 0.15) is 6.26 Å². The lowest BCUT2D eigenvalue weighted by Gasteiger charge is -2.20. The van der Waals surface area contributed by atoms with Crippen LogP contribution in [0.5, 0.6) is 0 Å². The fraction of sp³-hybridized carbons (Fsp3) is 0.455. The lowest BCUT2D eigenvalue weighted by atomic mass is 9.97. The number of hydrogen-bond acceptors (Lipinski definition) is 4. The van der Waals surface area contributed by atoms with Gasteiger partial charge in [-0.25, -0.2) is 4.98 Å². The second-order valence-electron chi connectivity index (χ2n) is 7.76. The number of carbonyl (C=O) groups excluding carboxylic acids is 1. The van der Waals surface area contributed by atoms with E-state index in [1.807, 2.05) is 24.4 Å². The largest absolute Gasteiger partial charge is 0.446 e. The van der Waals surface area contributed by atoms with Crippen LogP contribution in [0.3, 0.4) is 0 Å². The van der Waals surface area contributed by atoms with E-state index in [9.17, 15) is 4.79 Å². The zero-order chi connectivity index (χ0) is 19.3. The van der Waals surface area contributed by atoms with E-state index in [0.717, 1.165) is 29.3 Å². The Balaban J connectivity index is 1.39. The van der Waals surface area contributed by atoms with E-state index in [1.54, 1.807) is 0 Å². The smallest absolute Gasteiger partial charge is 0.273 e. The van der Waals surface area contributed by atoms with Gasteiger partial charge in [-0.3, -0.25) is 4.79 Å². The zero-order valence-electron chi connectivity index (χ0n) is 16.1. The molecule has 0 bridgehead atoms. The average molecular weight is 380 g/mol. The van der Waals surface area contributed by atoms with Crippen LogP contribution in [-0.2, 0) is 6.42 Å². The molecular formula is C22H28N4O2. The molecule has 0 radical (unpaired) electrons. The summed E-state index contributed by atoms with van der Waals surface area (Å²) in [4.78, 5) is 20.2. The standard InChI is InChI=1S/C22H28N4O2/c23-18(12-15-13-24-19-11-7-6-10-17(15)19)22-26-20(14-28-22)21(27)25-16-8-4-2-1-3-5-9-16/h6-7,10-11,13-14,16,18,24H,1-5,8-9,12,23H2,(H,25,27). The fourth-order valence-electron chi connectivity index (χ4n) is 4.05. The highest BCUT2D eigenvalue weighted by Crippen LogP contribution is 2.23. The molecule has 1 aromatic carbocycles. The first-order chi connectivity index (χ1) is 13.7. The molecule has 28 heavy (non-hydrogen) atoms. The molecule has 1 unspecified atom stereocenters. The molecule has 0 saturated heterocycles. The minimum atomic E-state index is -0.401. The summed E-state index contributed by atoms with van der Waals surface area (Å²) < 4.78 is 5.54. The van der Waals surface area contributed by atoms with E-state index in [-0.39, 0.29) is 11.9 Å². The molecule has 3 aromatic rings. The summed E-state index contributed by atoms with van der Waals surface area (Å²) in [7, 11) is 0. The second kappa shape index (κ2) is 8.61. The zero-order valence-corrected chi connectivity index (χ0v) is 16.1. The number of nitrogens with two attached hydrogens (primary N) is 1. The maximum atomic E-state index is 12.6. The molecule has 0 aliphatic heterocycles. The number of amides is 1. The normalized spacial score (nSPS) is 17.2. The molecule has 4 rings (SSSR count). The van der Waals surface area contributed by atoms with Gasteiger partial charge in [0, 0.05) is 23.1 Å². The molecule has 6 nitrogen and oxygen atoms in total. The van der Waals surface area contributed by atoms with Crippen molar-refractivity contribution >= 4 is 16.8 Å². The second-order valence-corrected chi connectivity index (χ2v) is 7.76. The van der Waals surface area contributed by atoms with Crippen LogP contribution in [0.2, 0.25) is 0 Å². The fourth-order valence-corrected chi connectivity index (χ4v) is 4.05. The van der Waals surface area contributed by atoms with Crippen LogP contribution in [0, 0.1) is 0 Å². The van der Waals surface area contributed by atoms with Crippen molar-refractivity contribution in [3.63, 3.8) is 0 Å². The van der Waals surface area contributed by atoms with Gasteiger partial charge in [-0.2, -0.15) is 0 Å². The Morgan fingerprint density at radius 2 is 1.96 bits per heavy atom. The van der Waals surface area contributed by atoms with E-state index >= 15 is 0 Å². The summed E-state index contributed by atoms with van der Waals surface area (Å²) in [5, 5.41) is 4.26. The molecule has 1 aliphatic rings. The van der Waals surface area contributed by atoms with Crippen molar-refractivity contribution in [2.75, 3.05) is 0 Å². The number of oxazole rings is 1. The number of hydrogen-bond donors (Lipinski definition) is 3. The number of aromatic nitrogens is 2. The minimum Gasteiger partial charge on any atom is -0.446 e. The van der Waals surface area contributed by atoms with Crippen molar-refractivity contribution in [3.8, 4) is 0 Å². The molecule has 2 heterocycles. The highest BCUT2D eigenvalue weighted by atomic mass is 16.3. The van der Waals surface area contributed by atoms with Crippen molar-refractivity contribution in [1.82, 2.24) is 15.3 Å². The molecule has 148 valence electrons. The first kappa shape index (κ1) is 18.7. The van der Waals surface area contributed by atoms with Gasteiger partial charge in [-0.15, -0.1) is 0 Å². The molecule has 1 amide bonds. The average Bonchev–Trinajstić information content (AvgIpc) is 3.32. The van der Waals surface area contributed by atoms with Crippen LogP contribution in [0.1, 0.15) is 72.9 Å². The number of para-hydroxylation sites is 1. The Morgan fingerprint density at radius 1 is 1.21 bits per heavy atom. The summed E-state index contributed by atoms with van der Waals surface area (Å²) in [5.41, 5.74) is 8.82. The lowest BCUT2D eigenvalue weighted by Crippen LogP contribution is -2.35. The van der Waals surface area contributed by atoms with Gasteiger partial charge in [0.25, 0.3) is 5.91 Å². The Bertz CT molecular complexity index is 921. The molecule has 1 atom stereocenters. The van der Waals surface area contributed by atoms with Gasteiger partial charge in [0.2, 0.25) is 5.89 Å². The van der Waals surface area contributed by atoms with Gasteiger partial charge < -0.3 is 20.5 Å². The van der Waals surface area contributed by atoms with Gasteiger partial charge >= 0.3 is 0 Å². The molecular weight excluding hydrogens is 352 g/mol. The molecule has 1 fully saturated rings. The highest BCUT2D eigenvalue weighted by Gasteiger charge is 2.21. The van der Waals surface area contributed by atoms with Crippen molar-refractivity contribution in [3.05, 3.63) is 53.9 Å². The molecule has 6 heteroatoms. The van der Waals surface area contributed by atoms with Crippen LogP contribution in [0.4, 0.5) is 0 Å². The van der Waals surface area contributed by atoms with Crippen LogP contribution in [-0.4, -0.2) is 21.9 Å². The SMILES string of the molecule is NC(Cc1c[nH]c2ccccc12)c1nc(C(=O)NC2CCCCCCC2)co1. The maximum Gasteiger partial charge on any atom is 0.273 e. The number of carbonyl (C=O) groups is 1. The van der Waals surface area contributed by atoms with E-state index in [0.29, 0.717) is 18.0 Å². The summed E-state index contributed by atoms with van der Waals surface area (Å²) in [6.45, 7) is 0. The van der Waals surface area contributed by atoms with E-state index < -0.39 is 6.04 Å².